The number of carbonyl (C=O) groups is 3. The third-order valence-corrected chi connectivity index (χ3v) is 3.39. The van der Waals surface area contributed by atoms with Gasteiger partial charge in [-0.25, -0.2) is 9.59 Å². The van der Waals surface area contributed by atoms with Crippen LogP contribution in [0.4, 0.5) is 0 Å². The maximum atomic E-state index is 10.9. The van der Waals surface area contributed by atoms with Crippen molar-refractivity contribution >= 4 is 17.9 Å². The third kappa shape index (κ3) is 9.84. The van der Waals surface area contributed by atoms with Crippen molar-refractivity contribution in [1.82, 2.24) is 0 Å². The van der Waals surface area contributed by atoms with Crippen molar-refractivity contribution in [2.24, 2.45) is 0 Å². The zero-order chi connectivity index (χ0) is 16.3. The highest BCUT2D eigenvalue weighted by Crippen LogP contribution is 2.12. The second-order valence-corrected chi connectivity index (χ2v) is 5.47. The first kappa shape index (κ1) is 19.4. The number of rotatable bonds is 13. The largest absolute Gasteiger partial charge is 0.544 e. The summed E-state index contributed by atoms with van der Waals surface area (Å²) >= 11 is 0. The molecule has 0 fully saturated rings. The van der Waals surface area contributed by atoms with Gasteiger partial charge < -0.3 is 24.6 Å². The van der Waals surface area contributed by atoms with Crippen LogP contribution >= 0.6 is 0 Å². The maximum absolute atomic E-state index is 10.9. The van der Waals surface area contributed by atoms with E-state index in [2.05, 4.69) is 6.92 Å². The van der Waals surface area contributed by atoms with E-state index in [1.165, 1.54) is 0 Å². The van der Waals surface area contributed by atoms with Crippen molar-refractivity contribution in [1.29, 1.82) is 0 Å². The van der Waals surface area contributed by atoms with Crippen LogP contribution in [0.5, 0.6) is 0 Å². The molecule has 7 heteroatoms. The average molecular weight is 303 g/mol. The summed E-state index contributed by atoms with van der Waals surface area (Å²) in [4.78, 5) is 32.7. The van der Waals surface area contributed by atoms with Crippen molar-refractivity contribution in [3.8, 4) is 0 Å². The van der Waals surface area contributed by atoms with E-state index in [4.69, 9.17) is 10.2 Å². The fourth-order valence-electron chi connectivity index (χ4n) is 2.48. The number of carbonyl (C=O) groups excluding carboxylic acids is 1. The number of quaternary nitrogens is 1. The van der Waals surface area contributed by atoms with Crippen LogP contribution in [-0.4, -0.2) is 58.8 Å². The minimum Gasteiger partial charge on any atom is -0.544 e. The monoisotopic (exact) mass is 303 g/mol. The van der Waals surface area contributed by atoms with Gasteiger partial charge in [0.25, 0.3) is 0 Å². The van der Waals surface area contributed by atoms with Crippen LogP contribution in [-0.2, 0) is 14.4 Å². The number of hydrogen-bond acceptors (Lipinski definition) is 4. The number of unbranched alkanes of at least 4 members (excludes halogenated alkanes) is 5. The molecule has 7 nitrogen and oxygen atoms in total. The predicted molar refractivity (Wildman–Crippen MR) is 73.4 cm³/mol. The number of hydrogen-bond donors (Lipinski definition) is 2. The second kappa shape index (κ2) is 10.1. The fraction of sp³-hybridized carbons (Fsp3) is 0.786. The van der Waals surface area contributed by atoms with Crippen LogP contribution in [0.2, 0.25) is 0 Å². The summed E-state index contributed by atoms with van der Waals surface area (Å²) in [5.41, 5.74) is 0. The molecule has 0 spiro atoms. The molecule has 0 amide bonds. The lowest BCUT2D eigenvalue weighted by molar-refractivity contribution is -0.909. The molecule has 0 unspecified atom stereocenters. The van der Waals surface area contributed by atoms with Gasteiger partial charge in [0.2, 0.25) is 0 Å². The molecule has 0 aliphatic carbocycles. The van der Waals surface area contributed by atoms with Gasteiger partial charge in [0, 0.05) is 0 Å². The van der Waals surface area contributed by atoms with Crippen LogP contribution in [0.25, 0.3) is 0 Å². The van der Waals surface area contributed by atoms with Crippen molar-refractivity contribution in [3.05, 3.63) is 0 Å². The van der Waals surface area contributed by atoms with Crippen molar-refractivity contribution in [3.63, 3.8) is 0 Å². The zero-order valence-electron chi connectivity index (χ0n) is 12.5. The summed E-state index contributed by atoms with van der Waals surface area (Å²) in [6.07, 6.45) is 5.75. The standard InChI is InChI=1S/C14H25NO6/c1-2-3-4-5-6-7-8-15(9-12(16)17,10-13(18)19)11-14(20)21/h2-11H2,1H3,(H2-,16,17,18,19,20,21). The van der Waals surface area contributed by atoms with Crippen molar-refractivity contribution in [2.75, 3.05) is 26.2 Å². The molecule has 0 rings (SSSR count). The molecular weight excluding hydrogens is 278 g/mol. The van der Waals surface area contributed by atoms with E-state index in [-0.39, 0.29) is 6.54 Å². The first-order valence-electron chi connectivity index (χ1n) is 7.30. The topological polar surface area (TPSA) is 115 Å². The Morgan fingerprint density at radius 3 is 1.76 bits per heavy atom. The van der Waals surface area contributed by atoms with Gasteiger partial charge >= 0.3 is 11.9 Å². The highest BCUT2D eigenvalue weighted by atomic mass is 16.4. The molecule has 0 aromatic rings. The summed E-state index contributed by atoms with van der Waals surface area (Å²) in [5, 5.41) is 28.7. The molecule has 0 bridgehead atoms. The van der Waals surface area contributed by atoms with E-state index in [9.17, 15) is 19.5 Å². The van der Waals surface area contributed by atoms with Crippen LogP contribution < -0.4 is 5.11 Å². The van der Waals surface area contributed by atoms with E-state index in [1.54, 1.807) is 0 Å². The Labute approximate surface area is 124 Å². The highest BCUT2D eigenvalue weighted by molar-refractivity contribution is 5.72. The summed E-state index contributed by atoms with van der Waals surface area (Å²) < 4.78 is -0.499. The molecule has 2 N–H and O–H groups in total. The minimum atomic E-state index is -1.43. The SMILES string of the molecule is CCCCCCCC[N+](CC(=O)[O-])(CC(=O)O)CC(=O)O. The lowest BCUT2D eigenvalue weighted by atomic mass is 10.1. The van der Waals surface area contributed by atoms with Crippen LogP contribution in [0.15, 0.2) is 0 Å². The quantitative estimate of drug-likeness (QED) is 0.368. The first-order chi connectivity index (χ1) is 9.81. The Bertz CT molecular complexity index is 315. The van der Waals surface area contributed by atoms with Gasteiger partial charge in [-0.05, 0) is 12.8 Å². The van der Waals surface area contributed by atoms with E-state index in [0.717, 1.165) is 32.1 Å². The smallest absolute Gasteiger partial charge is 0.359 e. The molecule has 0 aliphatic heterocycles. The third-order valence-electron chi connectivity index (χ3n) is 3.39. The van der Waals surface area contributed by atoms with Gasteiger partial charge in [0.05, 0.1) is 12.5 Å². The molecule has 0 saturated heterocycles. The summed E-state index contributed by atoms with van der Waals surface area (Å²) in [6.45, 7) is 0.693. The van der Waals surface area contributed by atoms with Crippen LogP contribution in [0.1, 0.15) is 45.4 Å². The molecule has 21 heavy (non-hydrogen) atoms. The molecule has 0 saturated carbocycles. The fourth-order valence-corrected chi connectivity index (χ4v) is 2.48. The van der Waals surface area contributed by atoms with Gasteiger partial charge in [-0.15, -0.1) is 0 Å². The Kier molecular flexibility index (Phi) is 9.36. The average Bonchev–Trinajstić information content (AvgIpc) is 2.30. The van der Waals surface area contributed by atoms with Crippen molar-refractivity contribution in [2.45, 2.75) is 45.4 Å². The molecular formula is C14H25NO6. The molecule has 0 radical (unpaired) electrons. The van der Waals surface area contributed by atoms with Crippen LogP contribution in [0.3, 0.4) is 0 Å². The van der Waals surface area contributed by atoms with E-state index in [1.807, 2.05) is 0 Å². The molecule has 0 atom stereocenters. The van der Waals surface area contributed by atoms with Crippen molar-refractivity contribution < 1.29 is 34.2 Å². The summed E-state index contributed by atoms with van der Waals surface area (Å²) in [5.74, 6) is -3.84. The van der Waals surface area contributed by atoms with E-state index >= 15 is 0 Å². The Morgan fingerprint density at radius 2 is 1.33 bits per heavy atom. The van der Waals surface area contributed by atoms with E-state index < -0.39 is 42.0 Å². The van der Waals surface area contributed by atoms with Gasteiger partial charge in [0.15, 0.2) is 13.1 Å². The number of nitrogens with zero attached hydrogens (tertiary/aromatic N) is 1. The molecule has 0 aliphatic rings. The normalized spacial score (nSPS) is 11.3. The second-order valence-electron chi connectivity index (χ2n) is 5.47. The number of carboxylic acids is 3. The Hall–Kier alpha value is -1.63. The van der Waals surface area contributed by atoms with Crippen LogP contribution in [0, 0.1) is 0 Å². The molecule has 0 heterocycles. The first-order valence-corrected chi connectivity index (χ1v) is 7.30. The van der Waals surface area contributed by atoms with E-state index in [0.29, 0.717) is 6.42 Å². The zero-order valence-corrected chi connectivity index (χ0v) is 12.5. The van der Waals surface area contributed by atoms with Gasteiger partial charge in [0.1, 0.15) is 6.54 Å². The number of carboxylic acid groups (broad SMARTS) is 3. The Morgan fingerprint density at radius 1 is 0.857 bits per heavy atom. The summed E-state index contributed by atoms with van der Waals surface area (Å²) in [6, 6.07) is 0. The molecule has 0 aromatic heterocycles. The summed E-state index contributed by atoms with van der Waals surface area (Å²) in [7, 11) is 0. The molecule has 0 aromatic carbocycles. The lowest BCUT2D eigenvalue weighted by Crippen LogP contribution is -2.59. The Balaban J connectivity index is 4.62. The highest BCUT2D eigenvalue weighted by Gasteiger charge is 2.33. The van der Waals surface area contributed by atoms with Gasteiger partial charge in [-0.1, -0.05) is 32.6 Å². The maximum Gasteiger partial charge on any atom is 0.359 e. The predicted octanol–water partition coefficient (Wildman–Crippen LogP) is 0.0828. The van der Waals surface area contributed by atoms with Gasteiger partial charge in [-0.2, -0.15) is 0 Å². The number of aliphatic carboxylic acids is 3. The lowest BCUT2D eigenvalue weighted by Gasteiger charge is -2.36. The minimum absolute atomic E-state index is 0.221. The molecule has 122 valence electrons. The van der Waals surface area contributed by atoms with Gasteiger partial charge in [-0.3, -0.25) is 0 Å².